The lowest BCUT2D eigenvalue weighted by molar-refractivity contribution is -0.117. The lowest BCUT2D eigenvalue weighted by Gasteiger charge is -2.22. The molecule has 0 heterocycles. The summed E-state index contributed by atoms with van der Waals surface area (Å²) in [5, 5.41) is 8.08. The van der Waals surface area contributed by atoms with Gasteiger partial charge in [0.05, 0.1) is 24.6 Å². The topological polar surface area (TPSA) is 115 Å². The van der Waals surface area contributed by atoms with Crippen molar-refractivity contribution in [2.75, 3.05) is 23.8 Å². The fraction of sp³-hybridized carbons (Fsp3) is 0.400. The summed E-state index contributed by atoms with van der Waals surface area (Å²) in [4.78, 5) is 37.4. The Kier molecular flexibility index (Phi) is 9.29. The monoisotopic (exact) mass is 471 g/mol. The van der Waals surface area contributed by atoms with Crippen LogP contribution in [0.4, 0.5) is 16.2 Å². The largest absolute Gasteiger partial charge is 0.492 e. The van der Waals surface area contributed by atoms with E-state index in [0.717, 1.165) is 0 Å². The van der Waals surface area contributed by atoms with Crippen molar-refractivity contribution < 1.29 is 28.6 Å². The van der Waals surface area contributed by atoms with Crippen LogP contribution in [0.5, 0.6) is 11.5 Å². The zero-order chi connectivity index (χ0) is 25.3. The van der Waals surface area contributed by atoms with Gasteiger partial charge in [0, 0.05) is 17.7 Å². The van der Waals surface area contributed by atoms with Crippen LogP contribution in [0.25, 0.3) is 0 Å². The van der Waals surface area contributed by atoms with Gasteiger partial charge in [-0.1, -0.05) is 18.2 Å². The molecule has 2 aromatic carbocycles. The zero-order valence-corrected chi connectivity index (χ0v) is 20.5. The molecule has 3 amide bonds. The number of benzene rings is 2. The molecule has 1 atom stereocenters. The van der Waals surface area contributed by atoms with Crippen LogP contribution in [0.2, 0.25) is 0 Å². The van der Waals surface area contributed by atoms with Crippen LogP contribution >= 0.6 is 0 Å². The molecule has 1 unspecified atom stereocenters. The van der Waals surface area contributed by atoms with Crippen molar-refractivity contribution in [1.29, 1.82) is 0 Å². The Balaban J connectivity index is 2.26. The summed E-state index contributed by atoms with van der Waals surface area (Å²) >= 11 is 0. The van der Waals surface area contributed by atoms with Crippen molar-refractivity contribution in [2.45, 2.75) is 53.2 Å². The van der Waals surface area contributed by atoms with E-state index in [1.54, 1.807) is 64.1 Å². The van der Waals surface area contributed by atoms with Gasteiger partial charge in [-0.05, 0) is 53.7 Å². The van der Waals surface area contributed by atoms with E-state index in [4.69, 9.17) is 14.2 Å². The summed E-state index contributed by atoms with van der Waals surface area (Å²) in [6, 6.07) is 11.1. The van der Waals surface area contributed by atoms with Gasteiger partial charge in [0.25, 0.3) is 5.91 Å². The van der Waals surface area contributed by atoms with Gasteiger partial charge in [-0.25, -0.2) is 4.79 Å². The minimum atomic E-state index is -0.877. The number of rotatable bonds is 9. The first-order valence-electron chi connectivity index (χ1n) is 11.1. The number of ether oxygens (including phenoxy) is 3. The number of hydrogen-bond acceptors (Lipinski definition) is 6. The molecule has 2 aromatic rings. The average molecular weight is 472 g/mol. The van der Waals surface area contributed by atoms with E-state index in [1.165, 1.54) is 6.92 Å². The third-order valence-corrected chi connectivity index (χ3v) is 4.35. The lowest BCUT2D eigenvalue weighted by Crippen LogP contribution is -2.44. The molecule has 34 heavy (non-hydrogen) atoms. The highest BCUT2D eigenvalue weighted by Crippen LogP contribution is 2.37. The molecule has 0 aromatic heterocycles. The number of nitrogens with one attached hydrogen (secondary N) is 3. The van der Waals surface area contributed by atoms with Gasteiger partial charge in [0.2, 0.25) is 5.91 Å². The quantitative estimate of drug-likeness (QED) is 0.493. The van der Waals surface area contributed by atoms with Gasteiger partial charge in [0.15, 0.2) is 0 Å². The maximum Gasteiger partial charge on any atom is 0.408 e. The minimum Gasteiger partial charge on any atom is -0.492 e. The Morgan fingerprint density at radius 2 is 1.41 bits per heavy atom. The fourth-order valence-electron chi connectivity index (χ4n) is 2.88. The van der Waals surface area contributed by atoms with Crippen LogP contribution in [0.3, 0.4) is 0 Å². The van der Waals surface area contributed by atoms with Crippen LogP contribution < -0.4 is 25.4 Å². The van der Waals surface area contributed by atoms with Crippen molar-refractivity contribution in [2.24, 2.45) is 0 Å². The van der Waals surface area contributed by atoms with E-state index in [0.29, 0.717) is 41.7 Å². The van der Waals surface area contributed by atoms with Gasteiger partial charge in [-0.3, -0.25) is 9.59 Å². The van der Waals surface area contributed by atoms with E-state index in [-0.39, 0.29) is 5.91 Å². The molecule has 9 heteroatoms. The van der Waals surface area contributed by atoms with Crippen LogP contribution in [0.1, 0.15) is 51.9 Å². The molecule has 0 aliphatic carbocycles. The summed E-state index contributed by atoms with van der Waals surface area (Å²) in [5.41, 5.74) is 0.541. The van der Waals surface area contributed by atoms with Gasteiger partial charge >= 0.3 is 6.09 Å². The summed E-state index contributed by atoms with van der Waals surface area (Å²) in [6.45, 7) is 11.0. The Morgan fingerprint density at radius 1 is 0.882 bits per heavy atom. The standard InChI is InChI=1S/C25H33N3O6/c1-7-32-20-15-19(28-23(30)17-12-10-9-11-13-17)21(33-8-2)14-18(20)27-22(29)16(3)26-24(31)34-25(4,5)6/h9-16H,7-8H2,1-6H3,(H,26,31)(H,27,29)(H,28,30). The summed E-state index contributed by atoms with van der Waals surface area (Å²) in [6.07, 6.45) is -0.700. The number of carbonyl (C=O) groups is 3. The van der Waals surface area contributed by atoms with E-state index < -0.39 is 23.6 Å². The third-order valence-electron chi connectivity index (χ3n) is 4.35. The molecule has 0 spiro atoms. The second kappa shape index (κ2) is 11.9. The molecular formula is C25H33N3O6. The molecule has 0 aliphatic heterocycles. The van der Waals surface area contributed by atoms with Gasteiger partial charge in [0.1, 0.15) is 23.1 Å². The van der Waals surface area contributed by atoms with Gasteiger partial charge in [-0.15, -0.1) is 0 Å². The molecule has 0 aliphatic rings. The lowest BCUT2D eigenvalue weighted by atomic mass is 10.2. The van der Waals surface area contributed by atoms with Crippen LogP contribution in [0, 0.1) is 0 Å². The van der Waals surface area contributed by atoms with E-state index >= 15 is 0 Å². The first-order valence-corrected chi connectivity index (χ1v) is 11.1. The van der Waals surface area contributed by atoms with Gasteiger partial charge in [-0.2, -0.15) is 0 Å². The number of hydrogen-bond donors (Lipinski definition) is 3. The molecule has 2 rings (SSSR count). The Morgan fingerprint density at radius 3 is 1.91 bits per heavy atom. The average Bonchev–Trinajstić information content (AvgIpc) is 2.75. The van der Waals surface area contributed by atoms with Crippen molar-refractivity contribution in [1.82, 2.24) is 5.32 Å². The second-order valence-corrected chi connectivity index (χ2v) is 8.39. The zero-order valence-electron chi connectivity index (χ0n) is 20.5. The smallest absolute Gasteiger partial charge is 0.408 e. The predicted molar refractivity (Wildman–Crippen MR) is 131 cm³/mol. The molecule has 0 saturated carbocycles. The summed E-state index contributed by atoms with van der Waals surface area (Å²) in [5.74, 6) is -0.0864. The Hall–Kier alpha value is -3.75. The number of anilines is 2. The third kappa shape index (κ3) is 7.99. The molecule has 184 valence electrons. The highest BCUT2D eigenvalue weighted by Gasteiger charge is 2.23. The first kappa shape index (κ1) is 26.5. The Labute approximate surface area is 200 Å². The maximum absolute atomic E-state index is 12.7. The van der Waals surface area contributed by atoms with E-state index in [2.05, 4.69) is 16.0 Å². The molecule has 0 fully saturated rings. The molecule has 0 radical (unpaired) electrons. The number of amides is 3. The number of alkyl carbamates (subject to hydrolysis) is 1. The summed E-state index contributed by atoms with van der Waals surface area (Å²) in [7, 11) is 0. The maximum atomic E-state index is 12.7. The van der Waals surface area contributed by atoms with Crippen molar-refractivity contribution in [3.8, 4) is 11.5 Å². The molecule has 9 nitrogen and oxygen atoms in total. The van der Waals surface area contributed by atoms with E-state index in [1.807, 2.05) is 13.0 Å². The molecule has 0 saturated heterocycles. The van der Waals surface area contributed by atoms with Crippen LogP contribution in [-0.4, -0.2) is 42.8 Å². The summed E-state index contributed by atoms with van der Waals surface area (Å²) < 4.78 is 16.6. The fourth-order valence-corrected chi connectivity index (χ4v) is 2.88. The highest BCUT2D eigenvalue weighted by molar-refractivity contribution is 6.06. The first-order chi connectivity index (χ1) is 16.0. The van der Waals surface area contributed by atoms with E-state index in [9.17, 15) is 14.4 Å². The number of carbonyl (C=O) groups excluding carboxylic acids is 3. The minimum absolute atomic E-state index is 0.309. The SMILES string of the molecule is CCOc1cc(NC(=O)C(C)NC(=O)OC(C)(C)C)c(OCC)cc1NC(=O)c1ccccc1. The predicted octanol–water partition coefficient (Wildman–Crippen LogP) is 4.59. The van der Waals surface area contributed by atoms with Crippen molar-refractivity contribution in [3.05, 3.63) is 48.0 Å². The second-order valence-electron chi connectivity index (χ2n) is 8.39. The normalized spacial score (nSPS) is 11.7. The van der Waals surface area contributed by atoms with Crippen molar-refractivity contribution in [3.63, 3.8) is 0 Å². The molecule has 0 bridgehead atoms. The van der Waals surface area contributed by atoms with Crippen LogP contribution in [-0.2, 0) is 9.53 Å². The molecular weight excluding hydrogens is 438 g/mol. The van der Waals surface area contributed by atoms with Crippen molar-refractivity contribution >= 4 is 29.3 Å². The van der Waals surface area contributed by atoms with Crippen LogP contribution in [0.15, 0.2) is 42.5 Å². The highest BCUT2D eigenvalue weighted by atomic mass is 16.6. The molecule has 3 N–H and O–H groups in total. The van der Waals surface area contributed by atoms with Gasteiger partial charge < -0.3 is 30.2 Å². The Bertz CT molecular complexity index is 1000.